The minimum absolute atomic E-state index is 0.309. The fourth-order valence-electron chi connectivity index (χ4n) is 12.4. The molecule has 4 nitrogen and oxygen atoms in total. The number of hydrogen-bond donors (Lipinski definition) is 0. The normalized spacial score (nSPS) is 24.8. The van der Waals surface area contributed by atoms with E-state index in [1.807, 2.05) is 72.8 Å². The Bertz CT molecular complexity index is 2850. The maximum Gasteiger partial charge on any atom is 0.164 e. The van der Waals surface area contributed by atoms with Gasteiger partial charge in [-0.25, -0.2) is 15.0 Å². The largest absolute Gasteiger partial charge is 0.208 e. The second kappa shape index (κ2) is 11.9. The van der Waals surface area contributed by atoms with Crippen molar-refractivity contribution >= 4 is 10.8 Å². The van der Waals surface area contributed by atoms with Crippen LogP contribution >= 0.6 is 0 Å². The van der Waals surface area contributed by atoms with Gasteiger partial charge in [0.05, 0.1) is 11.6 Å². The Morgan fingerprint density at radius 1 is 0.474 bits per heavy atom. The molecule has 1 aromatic heterocycles. The molecule has 4 heteroatoms. The van der Waals surface area contributed by atoms with Crippen LogP contribution in [0.25, 0.3) is 67.2 Å². The van der Waals surface area contributed by atoms with Gasteiger partial charge in [-0.3, -0.25) is 0 Å². The topological polar surface area (TPSA) is 62.5 Å². The van der Waals surface area contributed by atoms with Crippen LogP contribution in [0.3, 0.4) is 0 Å². The molecule has 0 amide bonds. The van der Waals surface area contributed by atoms with E-state index in [0.29, 0.717) is 39.3 Å². The van der Waals surface area contributed by atoms with Crippen molar-refractivity contribution in [2.45, 2.75) is 36.5 Å². The molecule has 12 rings (SSSR count). The van der Waals surface area contributed by atoms with E-state index >= 15 is 0 Å². The summed E-state index contributed by atoms with van der Waals surface area (Å²) in [5.74, 6) is 3.72. The molecule has 1 heterocycles. The fourth-order valence-corrected chi connectivity index (χ4v) is 12.4. The van der Waals surface area contributed by atoms with Gasteiger partial charge in [0.25, 0.3) is 0 Å². The molecule has 5 unspecified atom stereocenters. The van der Waals surface area contributed by atoms with E-state index in [4.69, 9.17) is 15.0 Å². The molecule has 0 saturated heterocycles. The zero-order valence-electron chi connectivity index (χ0n) is 31.4. The number of aromatic nitrogens is 3. The number of hydrogen-bond acceptors (Lipinski definition) is 4. The van der Waals surface area contributed by atoms with E-state index < -0.39 is 0 Å². The molecule has 7 aromatic carbocycles. The van der Waals surface area contributed by atoms with Crippen molar-refractivity contribution in [2.75, 3.05) is 0 Å². The zero-order chi connectivity index (χ0) is 37.8. The third-order valence-corrected chi connectivity index (χ3v) is 14.6. The van der Waals surface area contributed by atoms with Crippen LogP contribution in [0.4, 0.5) is 0 Å². The van der Waals surface area contributed by atoms with Gasteiger partial charge in [0.15, 0.2) is 17.5 Å². The number of nitriles is 1. The van der Waals surface area contributed by atoms with Crippen molar-refractivity contribution in [1.82, 2.24) is 15.0 Å². The SMILES string of the molecule is N#Cc1ccc(-c2ccc(C34CC5CC6CC(c7ccc(-c8ccc9c(-c%10nc(-c%11ccccc%11)nc(-c%11ccccc%11)n%10)cccc9c8)cc7)(C3)C564)cc2)cc1. The maximum absolute atomic E-state index is 9.22. The molecule has 0 aliphatic heterocycles. The highest BCUT2D eigenvalue weighted by atomic mass is 15.0. The molecule has 4 aliphatic carbocycles. The fraction of sp³-hybridized carbons (Fsp3) is 0.170. The Kier molecular flexibility index (Phi) is 6.79. The summed E-state index contributed by atoms with van der Waals surface area (Å²) < 4.78 is 0. The molecule has 57 heavy (non-hydrogen) atoms. The summed E-state index contributed by atoms with van der Waals surface area (Å²) in [6.45, 7) is 0. The third kappa shape index (κ3) is 4.40. The van der Waals surface area contributed by atoms with Crippen LogP contribution in [0.15, 0.2) is 170 Å². The number of nitrogens with zero attached hydrogens (tertiary/aromatic N) is 4. The molecule has 5 atom stereocenters. The molecule has 8 aromatic rings. The third-order valence-electron chi connectivity index (χ3n) is 14.6. The molecule has 4 saturated carbocycles. The molecule has 0 N–H and O–H groups in total. The number of benzene rings is 7. The Morgan fingerprint density at radius 3 is 1.53 bits per heavy atom. The molecule has 270 valence electrons. The van der Waals surface area contributed by atoms with E-state index in [1.54, 1.807) is 0 Å². The van der Waals surface area contributed by atoms with Gasteiger partial charge in [-0.1, -0.05) is 152 Å². The summed E-state index contributed by atoms with van der Waals surface area (Å²) >= 11 is 0. The lowest BCUT2D eigenvalue weighted by Gasteiger charge is -2.96. The standard InChI is InChI=1S/C53H38N4/c54-32-34-14-16-35(17-15-34)36-18-23-42(24-19-36)51-30-44-29-45-31-52(33-51,53(44,45)51)43-25-20-37(21-26-43)40-22-27-46-41(28-40)12-7-13-47(46)50-56-48(38-8-3-1-4-9-38)55-49(57-50)39-10-5-2-6-11-39/h1-28,44-45H,29-31,33H2. The number of rotatable bonds is 7. The van der Waals surface area contributed by atoms with E-state index in [0.717, 1.165) is 39.3 Å². The first-order chi connectivity index (χ1) is 28.1. The van der Waals surface area contributed by atoms with Gasteiger partial charge in [-0.05, 0) is 105 Å². The maximum atomic E-state index is 9.22. The summed E-state index contributed by atoms with van der Waals surface area (Å²) in [5, 5.41) is 11.5. The van der Waals surface area contributed by atoms with Crippen molar-refractivity contribution in [2.24, 2.45) is 17.3 Å². The first-order valence-corrected chi connectivity index (χ1v) is 20.2. The minimum Gasteiger partial charge on any atom is -0.208 e. The summed E-state index contributed by atoms with van der Waals surface area (Å²) in [4.78, 5) is 15.0. The minimum atomic E-state index is 0.309. The molecular weight excluding hydrogens is 693 g/mol. The average molecular weight is 731 g/mol. The van der Waals surface area contributed by atoms with Crippen molar-refractivity contribution in [3.8, 4) is 62.5 Å². The first-order valence-electron chi connectivity index (χ1n) is 20.2. The van der Waals surface area contributed by atoms with Crippen LogP contribution in [0.1, 0.15) is 42.4 Å². The predicted octanol–water partition coefficient (Wildman–Crippen LogP) is 12.2. The lowest BCUT2D eigenvalue weighted by molar-refractivity contribution is -0.412. The Labute approximate surface area is 332 Å². The van der Waals surface area contributed by atoms with Crippen LogP contribution in [0.2, 0.25) is 0 Å². The summed E-state index contributed by atoms with van der Waals surface area (Å²) in [7, 11) is 0. The highest BCUT2D eigenvalue weighted by Crippen LogP contribution is 2.97. The molecule has 0 radical (unpaired) electrons. The van der Waals surface area contributed by atoms with Crippen molar-refractivity contribution in [3.63, 3.8) is 0 Å². The molecule has 1 spiro atoms. The summed E-state index contributed by atoms with van der Waals surface area (Å²) in [6, 6.07) is 62.8. The van der Waals surface area contributed by atoms with Crippen LogP contribution in [0, 0.1) is 28.6 Å². The van der Waals surface area contributed by atoms with Gasteiger partial charge < -0.3 is 0 Å². The van der Waals surface area contributed by atoms with Crippen LogP contribution in [-0.4, -0.2) is 15.0 Å². The van der Waals surface area contributed by atoms with E-state index in [2.05, 4.69) is 103 Å². The second-order valence-corrected chi connectivity index (χ2v) is 16.9. The van der Waals surface area contributed by atoms with Crippen LogP contribution in [-0.2, 0) is 10.8 Å². The van der Waals surface area contributed by atoms with Gasteiger partial charge in [0.2, 0.25) is 0 Å². The number of fused-ring (bicyclic) bond motifs is 1. The van der Waals surface area contributed by atoms with Gasteiger partial charge in [0.1, 0.15) is 0 Å². The van der Waals surface area contributed by atoms with Gasteiger partial charge >= 0.3 is 0 Å². The molecule has 4 fully saturated rings. The molecule has 4 aliphatic rings. The van der Waals surface area contributed by atoms with E-state index in [9.17, 15) is 5.26 Å². The van der Waals surface area contributed by atoms with Gasteiger partial charge in [-0.2, -0.15) is 5.26 Å². The quantitative estimate of drug-likeness (QED) is 0.164. The van der Waals surface area contributed by atoms with Gasteiger partial charge in [0, 0.05) is 27.5 Å². The lowest BCUT2D eigenvalue weighted by Crippen LogP contribution is -2.93. The Morgan fingerprint density at radius 2 is 0.982 bits per heavy atom. The summed E-state index contributed by atoms with van der Waals surface area (Å²) in [5.41, 5.74) is 12.6. The molecular formula is C53H38N4. The monoisotopic (exact) mass is 730 g/mol. The van der Waals surface area contributed by atoms with Gasteiger partial charge in [-0.15, -0.1) is 0 Å². The Hall–Kier alpha value is -6.70. The molecule has 0 bridgehead atoms. The predicted molar refractivity (Wildman–Crippen MR) is 227 cm³/mol. The highest BCUT2D eigenvalue weighted by Gasteiger charge is 2.93. The average Bonchev–Trinajstić information content (AvgIpc) is 3.26. The van der Waals surface area contributed by atoms with Crippen LogP contribution < -0.4 is 0 Å². The smallest absolute Gasteiger partial charge is 0.164 e. The Balaban J connectivity index is 0.842. The van der Waals surface area contributed by atoms with Crippen molar-refractivity contribution < 1.29 is 0 Å². The van der Waals surface area contributed by atoms with Crippen LogP contribution in [0.5, 0.6) is 0 Å². The van der Waals surface area contributed by atoms with E-state index in [1.165, 1.54) is 59.1 Å². The summed E-state index contributed by atoms with van der Waals surface area (Å²) in [6.07, 6.45) is 5.35. The zero-order valence-corrected chi connectivity index (χ0v) is 31.4. The lowest BCUT2D eigenvalue weighted by atomic mass is 9.07. The van der Waals surface area contributed by atoms with Crippen molar-refractivity contribution in [1.29, 1.82) is 5.26 Å². The van der Waals surface area contributed by atoms with Crippen molar-refractivity contribution in [3.05, 3.63) is 187 Å². The highest BCUT2D eigenvalue weighted by molar-refractivity contribution is 5.97. The first kappa shape index (κ1) is 32.5. The van der Waals surface area contributed by atoms with E-state index in [-0.39, 0.29) is 0 Å². The second-order valence-electron chi connectivity index (χ2n) is 16.9.